The van der Waals surface area contributed by atoms with E-state index in [1.165, 1.54) is 4.90 Å². The van der Waals surface area contributed by atoms with Crippen molar-refractivity contribution < 1.29 is 19.4 Å². The number of nitrogens with two attached hydrogens (primary N) is 1. The van der Waals surface area contributed by atoms with Crippen molar-refractivity contribution in [1.82, 2.24) is 19.5 Å². The van der Waals surface area contributed by atoms with E-state index in [-0.39, 0.29) is 18.8 Å². The number of carbonyl (C=O) groups is 1. The molecular weight excluding hydrogens is 534 g/mol. The molecule has 0 spiro atoms. The highest BCUT2D eigenvalue weighted by molar-refractivity contribution is 5.98. The van der Waals surface area contributed by atoms with Crippen LogP contribution in [0.4, 0.5) is 22.0 Å². The lowest BCUT2D eigenvalue weighted by Crippen LogP contribution is -2.46. The number of rotatable bonds is 7. The third-order valence-corrected chi connectivity index (χ3v) is 7.94. The average Bonchev–Trinajstić information content (AvgIpc) is 3.40. The summed E-state index contributed by atoms with van der Waals surface area (Å²) < 4.78 is 13.7. The van der Waals surface area contributed by atoms with Crippen LogP contribution in [0.15, 0.2) is 54.9 Å². The highest BCUT2D eigenvalue weighted by Crippen LogP contribution is 2.32. The zero-order chi connectivity index (χ0) is 29.2. The van der Waals surface area contributed by atoms with Crippen LogP contribution in [-0.2, 0) is 22.6 Å². The predicted octanol–water partition coefficient (Wildman–Crippen LogP) is 4.24. The smallest absolute Gasteiger partial charge is 0.323 e. The Kier molecular flexibility index (Phi) is 8.05. The Labute approximate surface area is 244 Å². The van der Waals surface area contributed by atoms with E-state index in [4.69, 9.17) is 30.2 Å². The van der Waals surface area contributed by atoms with Gasteiger partial charge in [0, 0.05) is 38.4 Å². The minimum Gasteiger partial charge on any atom is -0.392 e. The van der Waals surface area contributed by atoms with Gasteiger partial charge in [-0.1, -0.05) is 12.1 Å². The number of carbonyl (C=O) groups excluding carboxylic acids is 1. The number of morpholine rings is 1. The number of amides is 2. The van der Waals surface area contributed by atoms with Gasteiger partial charge in [0.1, 0.15) is 0 Å². The summed E-state index contributed by atoms with van der Waals surface area (Å²) in [6.07, 6.45) is 4.05. The topological polar surface area (TPSA) is 132 Å². The number of imidazole rings is 1. The molecule has 4 heterocycles. The molecule has 2 aromatic heterocycles. The van der Waals surface area contributed by atoms with Crippen molar-refractivity contribution >= 4 is 34.4 Å². The Morgan fingerprint density at radius 2 is 1.64 bits per heavy atom. The summed E-state index contributed by atoms with van der Waals surface area (Å²) in [7, 11) is 0. The maximum Gasteiger partial charge on any atom is 0.323 e. The summed E-state index contributed by atoms with van der Waals surface area (Å²) in [4.78, 5) is 31.0. The first-order valence-electron chi connectivity index (χ1n) is 14.5. The van der Waals surface area contributed by atoms with Crippen LogP contribution >= 0.6 is 0 Å². The van der Waals surface area contributed by atoms with Crippen molar-refractivity contribution in [3.63, 3.8) is 0 Å². The average molecular weight is 572 g/mol. The lowest BCUT2D eigenvalue weighted by atomic mass is 10.0. The van der Waals surface area contributed by atoms with Crippen molar-refractivity contribution in [2.45, 2.75) is 52.0 Å². The van der Waals surface area contributed by atoms with E-state index in [1.54, 1.807) is 24.3 Å². The fraction of sp³-hybridized carbons (Fsp3) is 0.419. The summed E-state index contributed by atoms with van der Waals surface area (Å²) in [5, 5.41) is 9.38. The summed E-state index contributed by atoms with van der Waals surface area (Å²) in [5.74, 6) is 1.89. The number of nitrogens with zero attached hydrogens (tertiary/aromatic N) is 6. The molecule has 220 valence electrons. The van der Waals surface area contributed by atoms with Crippen molar-refractivity contribution in [2.75, 3.05) is 36.1 Å². The number of hydrogen-bond donors (Lipinski definition) is 2. The van der Waals surface area contributed by atoms with Gasteiger partial charge in [-0.25, -0.2) is 19.7 Å². The number of ether oxygens (including phenoxy) is 2. The molecule has 0 unspecified atom stereocenters. The maximum atomic E-state index is 12.4. The number of aliphatic hydroxyl groups excluding tert-OH is 1. The molecule has 4 aromatic rings. The van der Waals surface area contributed by atoms with Crippen LogP contribution in [0.3, 0.4) is 0 Å². The van der Waals surface area contributed by atoms with E-state index in [2.05, 4.69) is 23.3 Å². The Morgan fingerprint density at radius 3 is 2.26 bits per heavy atom. The first kappa shape index (κ1) is 28.1. The maximum absolute atomic E-state index is 12.4. The number of fused-ring (bicyclic) bond motifs is 1. The van der Waals surface area contributed by atoms with Crippen LogP contribution in [0.1, 0.15) is 32.3 Å². The molecule has 0 radical (unpaired) electrons. The van der Waals surface area contributed by atoms with E-state index in [0.717, 1.165) is 60.7 Å². The van der Waals surface area contributed by atoms with Gasteiger partial charge in [-0.15, -0.1) is 0 Å². The number of hydrogen-bond acceptors (Lipinski definition) is 8. The minimum absolute atomic E-state index is 0.0667. The van der Waals surface area contributed by atoms with Gasteiger partial charge in [0.25, 0.3) is 0 Å². The van der Waals surface area contributed by atoms with Crippen LogP contribution < -0.4 is 15.5 Å². The monoisotopic (exact) mass is 571 g/mol. The number of aromatic nitrogens is 4. The zero-order valence-corrected chi connectivity index (χ0v) is 24.0. The molecule has 2 atom stereocenters. The molecule has 2 aromatic carbocycles. The first-order chi connectivity index (χ1) is 20.4. The summed E-state index contributed by atoms with van der Waals surface area (Å²) in [5.41, 5.74) is 10.2. The Hall–Kier alpha value is -4.06. The lowest BCUT2D eigenvalue weighted by Gasteiger charge is -2.36. The van der Waals surface area contributed by atoms with E-state index < -0.39 is 6.03 Å². The highest BCUT2D eigenvalue weighted by Gasteiger charge is 2.28. The number of urea groups is 1. The summed E-state index contributed by atoms with van der Waals surface area (Å²) in [6, 6.07) is 13.9. The van der Waals surface area contributed by atoms with E-state index in [9.17, 15) is 9.90 Å². The highest BCUT2D eigenvalue weighted by atomic mass is 16.5. The Morgan fingerprint density at radius 1 is 1.00 bits per heavy atom. The summed E-state index contributed by atoms with van der Waals surface area (Å²) in [6.45, 7) is 7.90. The van der Waals surface area contributed by atoms with Gasteiger partial charge in [0.05, 0.1) is 36.5 Å². The van der Waals surface area contributed by atoms with Crippen LogP contribution in [0.25, 0.3) is 22.6 Å². The summed E-state index contributed by atoms with van der Waals surface area (Å²) >= 11 is 0. The Bertz CT molecular complexity index is 1520. The zero-order valence-electron chi connectivity index (χ0n) is 24.0. The van der Waals surface area contributed by atoms with Crippen molar-refractivity contribution in [3.05, 3.63) is 60.4 Å². The van der Waals surface area contributed by atoms with Gasteiger partial charge in [-0.05, 0) is 74.6 Å². The second-order valence-electron chi connectivity index (χ2n) is 11.2. The van der Waals surface area contributed by atoms with E-state index in [0.29, 0.717) is 36.2 Å². The number of aliphatic hydroxyl groups is 1. The largest absolute Gasteiger partial charge is 0.392 e. The molecule has 2 aliphatic rings. The van der Waals surface area contributed by atoms with Crippen LogP contribution in [0.5, 0.6) is 0 Å². The second-order valence-corrected chi connectivity index (χ2v) is 11.2. The SMILES string of the molecule is C[C@@H]1CN(c2nc(-c3ccc(N(C(N)=O)c4ccc(CO)cc4)cc3)nc3c2ncn3CC2CCOCC2)C[C@H](C)O1. The third kappa shape index (κ3) is 5.80. The van der Waals surface area contributed by atoms with Gasteiger partial charge >= 0.3 is 6.03 Å². The molecule has 0 bridgehead atoms. The molecule has 11 nitrogen and oxygen atoms in total. The quantitative estimate of drug-likeness (QED) is 0.337. The molecular formula is C31H37N7O4. The molecule has 0 aliphatic carbocycles. The molecule has 6 rings (SSSR count). The second kappa shape index (κ2) is 12.0. The normalized spacial score (nSPS) is 19.7. The molecule has 3 N–H and O–H groups in total. The fourth-order valence-electron chi connectivity index (χ4n) is 5.88. The fourth-order valence-corrected chi connectivity index (χ4v) is 5.88. The first-order valence-corrected chi connectivity index (χ1v) is 14.5. The van der Waals surface area contributed by atoms with Crippen LogP contribution in [0.2, 0.25) is 0 Å². The molecule has 42 heavy (non-hydrogen) atoms. The number of benzene rings is 2. The van der Waals surface area contributed by atoms with Gasteiger partial charge in [0.15, 0.2) is 22.8 Å². The number of primary amides is 1. The van der Waals surface area contributed by atoms with Crippen molar-refractivity contribution in [3.8, 4) is 11.4 Å². The molecule has 2 fully saturated rings. The molecule has 0 saturated carbocycles. The minimum atomic E-state index is -0.605. The van der Waals surface area contributed by atoms with Crippen molar-refractivity contribution in [1.29, 1.82) is 0 Å². The molecule has 11 heteroatoms. The van der Waals surface area contributed by atoms with Gasteiger partial charge in [0.2, 0.25) is 0 Å². The van der Waals surface area contributed by atoms with Gasteiger partial charge in [-0.3, -0.25) is 4.90 Å². The third-order valence-electron chi connectivity index (χ3n) is 7.94. The number of anilines is 3. The van der Waals surface area contributed by atoms with Gasteiger partial charge in [-0.2, -0.15) is 0 Å². The van der Waals surface area contributed by atoms with Crippen LogP contribution in [0, 0.1) is 5.92 Å². The van der Waals surface area contributed by atoms with Gasteiger partial charge < -0.3 is 29.8 Å². The van der Waals surface area contributed by atoms with E-state index in [1.807, 2.05) is 30.6 Å². The van der Waals surface area contributed by atoms with E-state index >= 15 is 0 Å². The van der Waals surface area contributed by atoms with Crippen LogP contribution in [-0.4, -0.2) is 69.2 Å². The molecule has 2 saturated heterocycles. The lowest BCUT2D eigenvalue weighted by molar-refractivity contribution is -0.00537. The van der Waals surface area contributed by atoms with Crippen molar-refractivity contribution in [2.24, 2.45) is 11.7 Å². The standard InChI is InChI=1S/C31H37N7O4/c1-20-15-36(16-21(2)42-20)29-27-30(37(19-33-27)17-22-11-13-41-14-12-22)35-28(34-29)24-5-9-26(10-6-24)38(31(32)40)25-7-3-23(18-39)4-8-25/h3-10,19-22,39H,11-18H2,1-2H3,(H2,32,40)/t20-,21+. The Balaban J connectivity index is 1.38. The molecule has 2 amide bonds. The molecule has 2 aliphatic heterocycles. The predicted molar refractivity (Wildman–Crippen MR) is 161 cm³/mol.